The van der Waals surface area contributed by atoms with Crippen molar-refractivity contribution in [2.24, 2.45) is 0 Å². The number of aromatic amines is 1. The monoisotopic (exact) mass is 230 g/mol. The molecule has 1 aromatic heterocycles. The van der Waals surface area contributed by atoms with E-state index in [1.54, 1.807) is 13.2 Å². The summed E-state index contributed by atoms with van der Waals surface area (Å²) in [6.45, 7) is 4.05. The maximum Gasteiger partial charge on any atom is 0.362 e. The summed E-state index contributed by atoms with van der Waals surface area (Å²) in [5, 5.41) is 0.553. The molecule has 6 heteroatoms. The highest BCUT2D eigenvalue weighted by Gasteiger charge is 2.10. The predicted octanol–water partition coefficient (Wildman–Crippen LogP) is 0.406. The molecule has 0 aliphatic carbocycles. The van der Waals surface area contributed by atoms with E-state index in [4.69, 9.17) is 4.84 Å². The van der Waals surface area contributed by atoms with E-state index in [1.807, 2.05) is 6.92 Å². The fourth-order valence-electron chi connectivity index (χ4n) is 1.12. The number of rotatable bonds is 4. The molecule has 0 amide bonds. The van der Waals surface area contributed by atoms with Gasteiger partial charge in [0.2, 0.25) is 0 Å². The number of hydrogen-bond acceptors (Lipinski definition) is 4. The maximum atomic E-state index is 11.4. The molecule has 0 bridgehead atoms. The first-order valence-electron chi connectivity index (χ1n) is 4.65. The first kappa shape index (κ1) is 11.9. The Bertz CT molecular complexity index is 450. The summed E-state index contributed by atoms with van der Waals surface area (Å²) in [5.74, 6) is 0. The molecule has 0 fully saturated rings. The zero-order valence-corrected chi connectivity index (χ0v) is 9.81. The van der Waals surface area contributed by atoms with Gasteiger partial charge in [-0.1, -0.05) is 6.92 Å². The first-order chi connectivity index (χ1) is 7.11. The highest BCUT2D eigenvalue weighted by Crippen LogP contribution is 2.13. The normalized spacial score (nSPS) is 10.3. The Labute approximate surface area is 91.4 Å². The number of thioether (sulfide) groups is 1. The van der Waals surface area contributed by atoms with E-state index >= 15 is 0 Å². The van der Waals surface area contributed by atoms with Crippen LogP contribution in [-0.4, -0.2) is 22.6 Å². The van der Waals surface area contributed by atoms with Crippen molar-refractivity contribution in [3.8, 4) is 0 Å². The van der Waals surface area contributed by atoms with Gasteiger partial charge in [0.05, 0.1) is 0 Å². The fraction of sp³-hybridized carbons (Fsp3) is 0.556. The molecule has 0 saturated carbocycles. The van der Waals surface area contributed by atoms with Gasteiger partial charge in [0, 0.05) is 5.56 Å². The molecule has 0 aliphatic heterocycles. The van der Waals surface area contributed by atoms with Crippen molar-refractivity contribution >= 4 is 11.8 Å². The van der Waals surface area contributed by atoms with Gasteiger partial charge in [-0.15, -0.1) is 16.5 Å². The van der Waals surface area contributed by atoms with Gasteiger partial charge in [-0.3, -0.25) is 9.78 Å². The summed E-state index contributed by atoms with van der Waals surface area (Å²) in [7, 11) is 0. The zero-order valence-electron chi connectivity index (χ0n) is 8.99. The van der Waals surface area contributed by atoms with Gasteiger partial charge in [0.1, 0.15) is 11.6 Å². The van der Waals surface area contributed by atoms with E-state index in [2.05, 4.69) is 4.98 Å². The summed E-state index contributed by atoms with van der Waals surface area (Å²) >= 11 is 1.32. The topological polar surface area (TPSA) is 64.1 Å². The van der Waals surface area contributed by atoms with Crippen molar-refractivity contribution in [3.05, 3.63) is 26.4 Å². The molecular weight excluding hydrogens is 216 g/mol. The van der Waals surface area contributed by atoms with Gasteiger partial charge in [-0.2, -0.15) is 0 Å². The van der Waals surface area contributed by atoms with E-state index in [-0.39, 0.29) is 5.56 Å². The highest BCUT2D eigenvalue weighted by atomic mass is 32.2. The van der Waals surface area contributed by atoms with Crippen LogP contribution in [0.5, 0.6) is 0 Å². The Kier molecular flexibility index (Phi) is 4.02. The largest absolute Gasteiger partial charge is 0.408 e. The SMILES string of the molecule is CCCOn1c(SC)c(C)c(=O)[nH]c1=O. The fourth-order valence-corrected chi connectivity index (χ4v) is 1.82. The molecule has 0 radical (unpaired) electrons. The molecular formula is C9H14N2O3S. The van der Waals surface area contributed by atoms with E-state index in [9.17, 15) is 9.59 Å². The van der Waals surface area contributed by atoms with Crippen LogP contribution in [0.25, 0.3) is 0 Å². The molecule has 0 unspecified atom stereocenters. The van der Waals surface area contributed by atoms with Crippen molar-refractivity contribution in [1.29, 1.82) is 0 Å². The third-order valence-corrected chi connectivity index (χ3v) is 2.73. The second-order valence-corrected chi connectivity index (χ2v) is 3.82. The highest BCUT2D eigenvalue weighted by molar-refractivity contribution is 7.98. The lowest BCUT2D eigenvalue weighted by molar-refractivity contribution is 0.0793. The number of nitrogens with one attached hydrogen (secondary N) is 1. The summed E-state index contributed by atoms with van der Waals surface area (Å²) < 4.78 is 1.14. The van der Waals surface area contributed by atoms with Gasteiger partial charge in [-0.25, -0.2) is 4.79 Å². The minimum absolute atomic E-state index is 0.360. The molecule has 15 heavy (non-hydrogen) atoms. The predicted molar refractivity (Wildman–Crippen MR) is 59.6 cm³/mol. The van der Waals surface area contributed by atoms with Crippen molar-refractivity contribution in [2.75, 3.05) is 12.9 Å². The summed E-state index contributed by atoms with van der Waals surface area (Å²) in [6.07, 6.45) is 2.60. The van der Waals surface area contributed by atoms with Crippen molar-refractivity contribution in [2.45, 2.75) is 25.3 Å². The van der Waals surface area contributed by atoms with E-state index in [0.29, 0.717) is 17.2 Å². The quantitative estimate of drug-likeness (QED) is 0.601. The van der Waals surface area contributed by atoms with Crippen LogP contribution in [0.4, 0.5) is 0 Å². The standard InChI is InChI=1S/C9H14N2O3S/c1-4-5-14-11-8(15-3)6(2)7(12)10-9(11)13/h4-5H2,1-3H3,(H,10,12,13). The lowest BCUT2D eigenvalue weighted by Gasteiger charge is -2.12. The van der Waals surface area contributed by atoms with Crippen molar-refractivity contribution < 1.29 is 4.84 Å². The van der Waals surface area contributed by atoms with Gasteiger partial charge >= 0.3 is 5.69 Å². The molecule has 5 nitrogen and oxygen atoms in total. The molecule has 1 aromatic rings. The minimum atomic E-state index is -0.525. The van der Waals surface area contributed by atoms with Crippen LogP contribution >= 0.6 is 11.8 Å². The van der Waals surface area contributed by atoms with Crippen LogP contribution in [0.15, 0.2) is 14.6 Å². The number of nitrogens with zero attached hydrogens (tertiary/aromatic N) is 1. The molecule has 84 valence electrons. The van der Waals surface area contributed by atoms with E-state index in [1.165, 1.54) is 11.8 Å². The Hall–Kier alpha value is -1.17. The molecule has 0 atom stereocenters. The average Bonchev–Trinajstić information content (AvgIpc) is 2.21. The van der Waals surface area contributed by atoms with E-state index < -0.39 is 5.69 Å². The first-order valence-corrected chi connectivity index (χ1v) is 5.87. The minimum Gasteiger partial charge on any atom is -0.408 e. The number of aromatic nitrogens is 2. The third kappa shape index (κ3) is 2.44. The Morgan fingerprint density at radius 1 is 1.47 bits per heavy atom. The second kappa shape index (κ2) is 5.06. The molecule has 1 heterocycles. The van der Waals surface area contributed by atoms with Crippen LogP contribution in [0.2, 0.25) is 0 Å². The maximum absolute atomic E-state index is 11.4. The zero-order chi connectivity index (χ0) is 11.4. The Balaban J connectivity index is 3.29. The molecule has 1 N–H and O–H groups in total. The van der Waals surface area contributed by atoms with Crippen LogP contribution in [0, 0.1) is 6.92 Å². The van der Waals surface area contributed by atoms with Crippen molar-refractivity contribution in [1.82, 2.24) is 9.71 Å². The Morgan fingerprint density at radius 2 is 2.13 bits per heavy atom. The molecule has 0 saturated heterocycles. The average molecular weight is 230 g/mol. The lowest BCUT2D eigenvalue weighted by atomic mass is 10.4. The molecule has 0 aromatic carbocycles. The van der Waals surface area contributed by atoms with Gasteiger partial charge in [0.25, 0.3) is 5.56 Å². The van der Waals surface area contributed by atoms with Gasteiger partial charge in [-0.05, 0) is 19.6 Å². The Morgan fingerprint density at radius 3 is 2.67 bits per heavy atom. The number of H-pyrrole nitrogens is 1. The van der Waals surface area contributed by atoms with Crippen LogP contribution in [0.3, 0.4) is 0 Å². The summed E-state index contributed by atoms with van der Waals surface area (Å²) in [5.41, 5.74) is -0.387. The van der Waals surface area contributed by atoms with Crippen LogP contribution in [0.1, 0.15) is 18.9 Å². The summed E-state index contributed by atoms with van der Waals surface area (Å²) in [4.78, 5) is 30.2. The van der Waals surface area contributed by atoms with Gasteiger partial charge < -0.3 is 4.84 Å². The second-order valence-electron chi connectivity index (χ2n) is 3.02. The van der Waals surface area contributed by atoms with Crippen molar-refractivity contribution in [3.63, 3.8) is 0 Å². The smallest absolute Gasteiger partial charge is 0.362 e. The van der Waals surface area contributed by atoms with E-state index in [0.717, 1.165) is 11.2 Å². The molecule has 0 aliphatic rings. The van der Waals surface area contributed by atoms with Crippen LogP contribution < -0.4 is 16.1 Å². The lowest BCUT2D eigenvalue weighted by Crippen LogP contribution is -2.37. The van der Waals surface area contributed by atoms with Crippen LogP contribution in [-0.2, 0) is 0 Å². The number of hydrogen-bond donors (Lipinski definition) is 1. The van der Waals surface area contributed by atoms with Gasteiger partial charge in [0.15, 0.2) is 0 Å². The summed E-state index contributed by atoms with van der Waals surface area (Å²) in [6, 6.07) is 0. The molecule has 0 spiro atoms. The third-order valence-electron chi connectivity index (χ3n) is 1.87. The molecule has 1 rings (SSSR count).